The molecule has 1 spiro atoms. The quantitative estimate of drug-likeness (QED) is 0.538. The fourth-order valence-corrected chi connectivity index (χ4v) is 5.83. The molecule has 2 aromatic heterocycles. The minimum Gasteiger partial charge on any atom is -0.352 e. The Morgan fingerprint density at radius 1 is 1.09 bits per heavy atom. The van der Waals surface area contributed by atoms with Crippen molar-refractivity contribution in [2.45, 2.75) is 70.8 Å². The molecule has 1 N–H and O–H groups in total. The van der Waals surface area contributed by atoms with Gasteiger partial charge in [0.05, 0.1) is 11.6 Å². The van der Waals surface area contributed by atoms with E-state index >= 15 is 0 Å². The Balaban J connectivity index is 1.63. The van der Waals surface area contributed by atoms with E-state index in [1.54, 1.807) is 18.3 Å². The molecule has 9 nitrogen and oxygen atoms in total. The Hall–Kier alpha value is -3.23. The van der Waals surface area contributed by atoms with E-state index in [0.29, 0.717) is 36.4 Å². The fraction of sp³-hybridized carbons (Fsp3) is 0.560. The van der Waals surface area contributed by atoms with Crippen molar-refractivity contribution in [1.29, 1.82) is 0 Å². The van der Waals surface area contributed by atoms with E-state index in [0.717, 1.165) is 38.5 Å². The number of aromatic nitrogens is 2. The summed E-state index contributed by atoms with van der Waals surface area (Å²) in [6.07, 6.45) is 8.63. The van der Waals surface area contributed by atoms with Gasteiger partial charge in [-0.1, -0.05) is 45.1 Å². The highest BCUT2D eigenvalue weighted by Crippen LogP contribution is 2.45. The van der Waals surface area contributed by atoms with Crippen LogP contribution in [-0.2, 0) is 16.0 Å². The smallest absolute Gasteiger partial charge is 0.330 e. The van der Waals surface area contributed by atoms with E-state index in [4.69, 9.17) is 4.98 Å². The molecule has 0 radical (unpaired) electrons. The summed E-state index contributed by atoms with van der Waals surface area (Å²) < 4.78 is 1.46. The molecule has 3 aliphatic heterocycles. The van der Waals surface area contributed by atoms with Crippen molar-refractivity contribution >= 4 is 29.3 Å². The number of carbonyl (C=O) groups is 3. The summed E-state index contributed by atoms with van der Waals surface area (Å²) in [7, 11) is 0. The predicted molar refractivity (Wildman–Crippen MR) is 127 cm³/mol. The lowest BCUT2D eigenvalue weighted by Crippen LogP contribution is -2.72. The molecular weight excluding hydrogens is 434 g/mol. The van der Waals surface area contributed by atoms with Crippen molar-refractivity contribution in [2.24, 2.45) is 5.41 Å². The van der Waals surface area contributed by atoms with Gasteiger partial charge in [-0.2, -0.15) is 0 Å². The summed E-state index contributed by atoms with van der Waals surface area (Å²) in [5.74, 6) is -0.494. The van der Waals surface area contributed by atoms with E-state index < -0.39 is 29.3 Å². The first kappa shape index (κ1) is 22.6. The number of anilines is 1. The number of urea groups is 1. The molecule has 0 aromatic carbocycles. The van der Waals surface area contributed by atoms with Crippen LogP contribution in [0.2, 0.25) is 0 Å². The third-order valence-electron chi connectivity index (χ3n) is 7.59. The number of barbiturate groups is 1. The molecule has 2 aromatic rings. The number of imide groups is 2. The second-order valence-corrected chi connectivity index (χ2v) is 9.63. The van der Waals surface area contributed by atoms with Gasteiger partial charge >= 0.3 is 6.03 Å². The van der Waals surface area contributed by atoms with Gasteiger partial charge in [-0.25, -0.2) is 9.78 Å². The zero-order valence-electron chi connectivity index (χ0n) is 19.6. The maximum atomic E-state index is 14.0. The Morgan fingerprint density at radius 2 is 1.94 bits per heavy atom. The van der Waals surface area contributed by atoms with Gasteiger partial charge in [0.25, 0.3) is 5.56 Å². The summed E-state index contributed by atoms with van der Waals surface area (Å²) in [5.41, 5.74) is -0.877. The number of nitrogens with one attached hydrogen (secondary N) is 1. The molecule has 180 valence electrons. The molecule has 0 bridgehead atoms. The number of unbranched alkanes of at least 4 members (excludes halogenated alkanes) is 3. The van der Waals surface area contributed by atoms with Gasteiger partial charge in [-0.05, 0) is 31.4 Å². The molecule has 0 unspecified atom stereocenters. The van der Waals surface area contributed by atoms with E-state index in [1.807, 2.05) is 11.0 Å². The van der Waals surface area contributed by atoms with Crippen LogP contribution in [0.1, 0.15) is 63.9 Å². The number of fused-ring (bicyclic) bond motifs is 5. The molecule has 9 heteroatoms. The van der Waals surface area contributed by atoms with Gasteiger partial charge < -0.3 is 4.90 Å². The van der Waals surface area contributed by atoms with Crippen LogP contribution >= 0.6 is 0 Å². The summed E-state index contributed by atoms with van der Waals surface area (Å²) >= 11 is 0. The highest BCUT2D eigenvalue weighted by Gasteiger charge is 2.62. The number of hydrogen-bond acceptors (Lipinski definition) is 6. The number of amides is 4. The van der Waals surface area contributed by atoms with Crippen molar-refractivity contribution < 1.29 is 14.4 Å². The van der Waals surface area contributed by atoms with Crippen molar-refractivity contribution in [3.63, 3.8) is 0 Å². The van der Waals surface area contributed by atoms with Crippen LogP contribution in [0.15, 0.2) is 29.2 Å². The highest BCUT2D eigenvalue weighted by atomic mass is 16.2. The number of carbonyl (C=O) groups excluding carboxylic acids is 3. The number of nitrogens with zero attached hydrogens (tertiary/aromatic N) is 4. The summed E-state index contributed by atoms with van der Waals surface area (Å²) in [4.78, 5) is 61.8. The number of pyridine rings is 1. The maximum absolute atomic E-state index is 14.0. The monoisotopic (exact) mass is 465 g/mol. The number of hydrogen-bond donors (Lipinski definition) is 1. The molecule has 5 heterocycles. The van der Waals surface area contributed by atoms with Crippen LogP contribution < -0.4 is 15.8 Å². The molecule has 5 rings (SSSR count). The second-order valence-electron chi connectivity index (χ2n) is 9.63. The van der Waals surface area contributed by atoms with E-state index in [2.05, 4.69) is 12.2 Å². The SMILES string of the molecule is CCCCCCN1C(=O)NC(=O)[C@]2(Cc3c(nc4ccccn4c3=O)N3CCCCC[C@@H]32)C1=O. The predicted octanol–water partition coefficient (Wildman–Crippen LogP) is 2.64. The van der Waals surface area contributed by atoms with E-state index in [-0.39, 0.29) is 18.5 Å². The van der Waals surface area contributed by atoms with Crippen molar-refractivity contribution in [2.75, 3.05) is 18.0 Å². The van der Waals surface area contributed by atoms with Crippen LogP contribution in [-0.4, -0.2) is 51.3 Å². The van der Waals surface area contributed by atoms with Crippen molar-refractivity contribution in [3.8, 4) is 0 Å². The molecule has 3 aliphatic rings. The average molecular weight is 466 g/mol. The summed E-state index contributed by atoms with van der Waals surface area (Å²) in [5, 5.41) is 2.47. The fourth-order valence-electron chi connectivity index (χ4n) is 5.83. The summed E-state index contributed by atoms with van der Waals surface area (Å²) in [6.45, 7) is 2.98. The third kappa shape index (κ3) is 3.40. The zero-order chi connectivity index (χ0) is 23.9. The molecule has 34 heavy (non-hydrogen) atoms. The third-order valence-corrected chi connectivity index (χ3v) is 7.59. The highest BCUT2D eigenvalue weighted by molar-refractivity contribution is 6.20. The molecule has 2 saturated heterocycles. The average Bonchev–Trinajstić information content (AvgIpc) is 3.10. The maximum Gasteiger partial charge on any atom is 0.330 e. The van der Waals surface area contributed by atoms with Crippen LogP contribution in [0.3, 0.4) is 0 Å². The van der Waals surface area contributed by atoms with Gasteiger partial charge in [0.2, 0.25) is 11.8 Å². The standard InChI is InChI=1S/C25H31N5O4/c1-2-3-4-8-15-30-23(33)25(22(32)27-24(30)34)16-17-20(28-13-9-5-6-11-18(25)28)26-19-12-7-10-14-29(19)21(17)31/h7,10,12,14,18H,2-6,8-9,11,13,15-16H2,1H3,(H,27,32,34)/t18-,25-/m1/s1. The largest absolute Gasteiger partial charge is 0.352 e. The summed E-state index contributed by atoms with van der Waals surface area (Å²) in [6, 6.07) is 4.27. The van der Waals surface area contributed by atoms with Crippen molar-refractivity contribution in [3.05, 3.63) is 40.3 Å². The van der Waals surface area contributed by atoms with Gasteiger partial charge in [0.1, 0.15) is 11.5 Å². The molecule has 0 saturated carbocycles. The van der Waals surface area contributed by atoms with E-state index in [1.165, 1.54) is 9.30 Å². The van der Waals surface area contributed by atoms with Gasteiger partial charge in [-0.15, -0.1) is 0 Å². The Labute approximate surface area is 198 Å². The minimum absolute atomic E-state index is 0.0451. The van der Waals surface area contributed by atoms with Gasteiger partial charge in [-0.3, -0.25) is 29.0 Å². The molecular formula is C25H31N5O4. The topological polar surface area (TPSA) is 104 Å². The first-order valence-electron chi connectivity index (χ1n) is 12.4. The van der Waals surface area contributed by atoms with Crippen LogP contribution in [0, 0.1) is 5.41 Å². The normalized spacial score (nSPS) is 24.7. The first-order chi connectivity index (χ1) is 16.5. The lowest BCUT2D eigenvalue weighted by molar-refractivity contribution is -0.153. The number of rotatable bonds is 5. The van der Waals surface area contributed by atoms with Gasteiger partial charge in [0.15, 0.2) is 5.41 Å². The molecule has 2 atom stereocenters. The van der Waals surface area contributed by atoms with Crippen LogP contribution in [0.4, 0.5) is 10.6 Å². The lowest BCUT2D eigenvalue weighted by Gasteiger charge is -2.50. The molecule has 4 amide bonds. The zero-order valence-corrected chi connectivity index (χ0v) is 19.6. The Kier molecular flexibility index (Phi) is 5.87. The van der Waals surface area contributed by atoms with Gasteiger partial charge in [0, 0.05) is 25.7 Å². The Morgan fingerprint density at radius 3 is 2.76 bits per heavy atom. The lowest BCUT2D eigenvalue weighted by atomic mass is 9.68. The van der Waals surface area contributed by atoms with Crippen LogP contribution in [0.25, 0.3) is 5.65 Å². The van der Waals surface area contributed by atoms with Crippen molar-refractivity contribution in [1.82, 2.24) is 19.6 Å². The first-order valence-corrected chi connectivity index (χ1v) is 12.4. The van der Waals surface area contributed by atoms with Crippen LogP contribution in [0.5, 0.6) is 0 Å². The second kappa shape index (κ2) is 8.85. The molecule has 0 aliphatic carbocycles. The Bertz CT molecular complexity index is 1210. The molecule has 2 fully saturated rings. The minimum atomic E-state index is -1.51. The van der Waals surface area contributed by atoms with E-state index in [9.17, 15) is 19.2 Å².